The normalized spacial score (nSPS) is 14.4. The Bertz CT molecular complexity index is 677. The number of phosphoric acid groups is 1. The van der Waals surface area contributed by atoms with Crippen LogP contribution in [-0.4, -0.2) is 57.7 Å². The molecule has 0 rings (SSSR count). The van der Waals surface area contributed by atoms with Gasteiger partial charge in [0, 0.05) is 24.3 Å². The van der Waals surface area contributed by atoms with E-state index in [0.29, 0.717) is 25.9 Å². The van der Waals surface area contributed by atoms with Gasteiger partial charge in [-0.25, -0.2) is 4.57 Å². The maximum Gasteiger partial charge on any atom is 0.475 e. The second-order valence-corrected chi connectivity index (χ2v) is 10.4. The number of nitrogens with zero attached hydrogens (tertiary/aromatic N) is 3. The molecule has 0 saturated heterocycles. The molecule has 11 nitrogen and oxygen atoms in total. The van der Waals surface area contributed by atoms with E-state index < -0.39 is 13.9 Å². The molecule has 0 aromatic carbocycles. The fourth-order valence-electron chi connectivity index (χ4n) is 3.39. The summed E-state index contributed by atoms with van der Waals surface area (Å²) in [7, 11) is -3.88. The van der Waals surface area contributed by atoms with E-state index in [1.165, 1.54) is 44.6 Å². The van der Waals surface area contributed by atoms with E-state index in [1.807, 2.05) is 6.92 Å². The lowest BCUT2D eigenvalue weighted by Crippen LogP contribution is -2.23. The molecule has 0 aliphatic rings. The number of carbonyl (C=O) groups excluding carboxylic acids is 1. The van der Waals surface area contributed by atoms with E-state index >= 15 is 0 Å². The van der Waals surface area contributed by atoms with Gasteiger partial charge in [0.25, 0.3) is 0 Å². The molecule has 37 heavy (non-hydrogen) atoms. The smallest absolute Gasteiger partial charge is 0.462 e. The van der Waals surface area contributed by atoms with Crippen LogP contribution in [0, 0.1) is 0 Å². The van der Waals surface area contributed by atoms with Crippen LogP contribution in [0.3, 0.4) is 0 Å². The molecule has 216 valence electrons. The summed E-state index contributed by atoms with van der Waals surface area (Å²) in [4.78, 5) is 15.0. The molecule has 0 fully saturated rings. The predicted molar refractivity (Wildman–Crippen MR) is 145 cm³/mol. The van der Waals surface area contributed by atoms with Crippen LogP contribution in [0.15, 0.2) is 17.8 Å². The molecular formula is C25H49N4O7P. The van der Waals surface area contributed by atoms with Crippen LogP contribution in [0.5, 0.6) is 0 Å². The highest BCUT2D eigenvalue weighted by atomic mass is 31.2. The minimum absolute atomic E-state index is 0.0205. The highest BCUT2D eigenvalue weighted by Gasteiger charge is 2.27. The maximum atomic E-state index is 12.6. The van der Waals surface area contributed by atoms with Crippen molar-refractivity contribution >= 4 is 13.8 Å². The highest BCUT2D eigenvalue weighted by molar-refractivity contribution is 7.48. The predicted octanol–water partition coefficient (Wildman–Crippen LogP) is 6.62. The molecule has 3 atom stereocenters. The van der Waals surface area contributed by atoms with E-state index in [1.54, 1.807) is 0 Å². The molecule has 0 spiro atoms. The van der Waals surface area contributed by atoms with Crippen LogP contribution in [0.1, 0.15) is 90.9 Å². The Kier molecular flexibility index (Phi) is 23.9. The number of esters is 1. The molecule has 0 bridgehead atoms. The van der Waals surface area contributed by atoms with Gasteiger partial charge in [-0.05, 0) is 18.4 Å². The van der Waals surface area contributed by atoms with Crippen molar-refractivity contribution in [1.82, 2.24) is 0 Å². The first kappa shape index (κ1) is 35.5. The Morgan fingerprint density at radius 1 is 1.03 bits per heavy atom. The number of carbonyl (C=O) groups is 1. The molecule has 0 aromatic rings. The lowest BCUT2D eigenvalue weighted by Gasteiger charge is -2.20. The third-order valence-corrected chi connectivity index (χ3v) is 6.92. The van der Waals surface area contributed by atoms with E-state index in [0.717, 1.165) is 19.3 Å². The number of nitrogens with two attached hydrogens (primary N) is 1. The third-order valence-electron chi connectivity index (χ3n) is 5.49. The number of rotatable bonds is 27. The summed E-state index contributed by atoms with van der Waals surface area (Å²) in [6.45, 7) is 7.85. The molecule has 0 saturated carbocycles. The van der Waals surface area contributed by atoms with Crippen LogP contribution < -0.4 is 5.73 Å². The molecule has 0 aliphatic carbocycles. The van der Waals surface area contributed by atoms with Gasteiger partial charge >= 0.3 is 13.8 Å². The molecule has 0 radical (unpaired) electrons. The van der Waals surface area contributed by atoms with Crippen molar-refractivity contribution in [2.45, 2.75) is 103 Å². The Labute approximate surface area is 223 Å². The number of hydrogen-bond acceptors (Lipinski definition) is 9. The number of hydrogen-bond donors (Lipinski definition) is 1. The summed E-state index contributed by atoms with van der Waals surface area (Å²) < 4.78 is 39.2. The second kappa shape index (κ2) is 24.9. The summed E-state index contributed by atoms with van der Waals surface area (Å²) in [6.07, 6.45) is 13.6. The SMILES string of the molecule is C=CCOP(=O)(OCCN)OCC(COCCC(CC)OC(=O)CCCCCCCCCCC)N=[N+]=[N-]. The number of unbranched alkanes of at least 4 members (excludes halogenated alkanes) is 8. The molecule has 2 N–H and O–H groups in total. The van der Waals surface area contributed by atoms with Gasteiger partial charge in [-0.15, -0.1) is 6.58 Å². The van der Waals surface area contributed by atoms with Crippen molar-refractivity contribution in [3.8, 4) is 0 Å². The average Bonchev–Trinajstić information content (AvgIpc) is 2.90. The lowest BCUT2D eigenvalue weighted by atomic mass is 10.1. The molecule has 0 heterocycles. The van der Waals surface area contributed by atoms with Crippen LogP contribution in [0.2, 0.25) is 0 Å². The zero-order valence-corrected chi connectivity index (χ0v) is 23.8. The number of phosphoric ester groups is 1. The lowest BCUT2D eigenvalue weighted by molar-refractivity contribution is -0.150. The Hall–Kier alpha value is -1.45. The fraction of sp³-hybridized carbons (Fsp3) is 0.880. The first-order valence-corrected chi connectivity index (χ1v) is 15.1. The quantitative estimate of drug-likeness (QED) is 0.0228. The van der Waals surface area contributed by atoms with Gasteiger partial charge in [0.05, 0.1) is 39.1 Å². The minimum Gasteiger partial charge on any atom is -0.462 e. The molecule has 0 amide bonds. The van der Waals surface area contributed by atoms with Crippen molar-refractivity contribution in [3.05, 3.63) is 23.1 Å². The van der Waals surface area contributed by atoms with Crippen LogP contribution in [0.25, 0.3) is 10.4 Å². The van der Waals surface area contributed by atoms with Crippen LogP contribution >= 0.6 is 7.82 Å². The Morgan fingerprint density at radius 3 is 2.30 bits per heavy atom. The standard InChI is InChI=1S/C25H49N4O7P/c1-4-7-8-9-10-11-12-13-14-15-25(30)36-24(6-3)16-19-32-21-23(28-29-27)22-35-37(31,33-18-5-2)34-20-17-26/h5,23-24H,2,4,6-22,26H2,1,3H3. The van der Waals surface area contributed by atoms with Crippen molar-refractivity contribution < 1.29 is 32.4 Å². The van der Waals surface area contributed by atoms with Crippen molar-refractivity contribution in [3.63, 3.8) is 0 Å². The molecule has 12 heteroatoms. The van der Waals surface area contributed by atoms with E-state index in [9.17, 15) is 9.36 Å². The Balaban J connectivity index is 4.22. The highest BCUT2D eigenvalue weighted by Crippen LogP contribution is 2.49. The topological polar surface area (TPSA) is 155 Å². The largest absolute Gasteiger partial charge is 0.475 e. The third kappa shape index (κ3) is 21.2. The zero-order chi connectivity index (χ0) is 27.6. The van der Waals surface area contributed by atoms with Crippen LogP contribution in [-0.2, 0) is 32.4 Å². The average molecular weight is 549 g/mol. The van der Waals surface area contributed by atoms with Gasteiger partial charge in [0.15, 0.2) is 0 Å². The van der Waals surface area contributed by atoms with Gasteiger partial charge in [0.2, 0.25) is 0 Å². The second-order valence-electron chi connectivity index (χ2n) is 8.77. The minimum atomic E-state index is -3.88. The van der Waals surface area contributed by atoms with Crippen molar-refractivity contribution in [1.29, 1.82) is 0 Å². The summed E-state index contributed by atoms with van der Waals surface area (Å²) in [5.74, 6) is -0.178. The van der Waals surface area contributed by atoms with Gasteiger partial charge in [-0.2, -0.15) is 0 Å². The van der Waals surface area contributed by atoms with Gasteiger partial charge in [-0.1, -0.05) is 76.4 Å². The fourth-order valence-corrected chi connectivity index (χ4v) is 4.59. The van der Waals surface area contributed by atoms with Crippen molar-refractivity contribution in [2.75, 3.05) is 39.6 Å². The summed E-state index contributed by atoms with van der Waals surface area (Å²) in [5.41, 5.74) is 14.2. The Morgan fingerprint density at radius 2 is 1.70 bits per heavy atom. The first-order chi connectivity index (χ1) is 17.9. The number of ether oxygens (including phenoxy) is 2. The summed E-state index contributed by atoms with van der Waals surface area (Å²) >= 11 is 0. The molecule has 3 unspecified atom stereocenters. The zero-order valence-electron chi connectivity index (χ0n) is 22.9. The summed E-state index contributed by atoms with van der Waals surface area (Å²) in [6, 6.07) is -0.749. The first-order valence-electron chi connectivity index (χ1n) is 13.6. The number of azide groups is 1. The molecule has 0 aliphatic heterocycles. The van der Waals surface area contributed by atoms with Gasteiger partial charge < -0.3 is 15.2 Å². The van der Waals surface area contributed by atoms with E-state index in [4.69, 9.17) is 34.3 Å². The molecular weight excluding hydrogens is 499 g/mol. The van der Waals surface area contributed by atoms with E-state index in [2.05, 4.69) is 23.5 Å². The van der Waals surface area contributed by atoms with E-state index in [-0.39, 0.29) is 45.0 Å². The maximum absolute atomic E-state index is 12.6. The van der Waals surface area contributed by atoms with Crippen LogP contribution in [0.4, 0.5) is 0 Å². The van der Waals surface area contributed by atoms with Crippen molar-refractivity contribution in [2.24, 2.45) is 10.8 Å². The van der Waals surface area contributed by atoms with Gasteiger partial charge in [-0.3, -0.25) is 18.4 Å². The molecule has 0 aromatic heterocycles. The summed E-state index contributed by atoms with van der Waals surface area (Å²) in [5, 5.41) is 3.61. The van der Waals surface area contributed by atoms with Gasteiger partial charge in [0.1, 0.15) is 6.10 Å². The monoisotopic (exact) mass is 548 g/mol.